The van der Waals surface area contributed by atoms with Crippen LogP contribution in [0.2, 0.25) is 0 Å². The third-order valence-electron chi connectivity index (χ3n) is 5.93. The Morgan fingerprint density at radius 2 is 1.89 bits per heavy atom. The van der Waals surface area contributed by atoms with Crippen molar-refractivity contribution in [1.82, 2.24) is 20.4 Å². The Labute approximate surface area is 189 Å². The molecular weight excluding hydrogens is 465 g/mol. The number of hydrogen-bond acceptors (Lipinski definition) is 3. The van der Waals surface area contributed by atoms with Crippen molar-refractivity contribution in [2.45, 2.75) is 78.3 Å². The average molecular weight is 508 g/mol. The highest BCUT2D eigenvalue weighted by Crippen LogP contribution is 2.26. The molecule has 1 atom stereocenters. The zero-order chi connectivity index (χ0) is 19.6. The van der Waals surface area contributed by atoms with E-state index in [-0.39, 0.29) is 29.9 Å². The quantitative estimate of drug-likeness (QED) is 0.301. The number of hydrogen-bond donors (Lipinski definition) is 2. The Kier molecular flexibility index (Phi) is 12.4. The Bertz CT molecular complexity index is 479. The molecule has 2 N–H and O–H groups in total. The topological polar surface area (TPSA) is 60.0 Å². The number of amides is 1. The first-order valence-corrected chi connectivity index (χ1v) is 11.1. The van der Waals surface area contributed by atoms with Gasteiger partial charge in [0.1, 0.15) is 0 Å². The van der Waals surface area contributed by atoms with Gasteiger partial charge in [-0.3, -0.25) is 14.7 Å². The highest BCUT2D eigenvalue weighted by molar-refractivity contribution is 14.0. The van der Waals surface area contributed by atoms with Crippen molar-refractivity contribution >= 4 is 35.8 Å². The van der Waals surface area contributed by atoms with Crippen LogP contribution in [0.3, 0.4) is 0 Å². The van der Waals surface area contributed by atoms with Crippen LogP contribution in [0.1, 0.15) is 66.2 Å². The van der Waals surface area contributed by atoms with E-state index in [1.807, 2.05) is 0 Å². The summed E-state index contributed by atoms with van der Waals surface area (Å²) in [6.07, 6.45) is 6.91. The maximum atomic E-state index is 12.7. The molecule has 2 aliphatic rings. The van der Waals surface area contributed by atoms with Gasteiger partial charge in [0.2, 0.25) is 5.91 Å². The number of carbonyl (C=O) groups excluding carboxylic acids is 1. The van der Waals surface area contributed by atoms with Crippen molar-refractivity contribution in [1.29, 1.82) is 0 Å². The lowest BCUT2D eigenvalue weighted by Crippen LogP contribution is -2.46. The smallest absolute Gasteiger partial charge is 0.225 e. The van der Waals surface area contributed by atoms with Gasteiger partial charge in [-0.2, -0.15) is 0 Å². The number of nitrogens with one attached hydrogen (secondary N) is 2. The van der Waals surface area contributed by atoms with Gasteiger partial charge in [0.15, 0.2) is 5.96 Å². The number of likely N-dealkylation sites (tertiary alicyclic amines) is 1. The first kappa shape index (κ1) is 25.5. The number of carbonyl (C=O) groups is 1. The van der Waals surface area contributed by atoms with E-state index in [2.05, 4.69) is 48.1 Å². The van der Waals surface area contributed by atoms with E-state index in [4.69, 9.17) is 4.99 Å². The van der Waals surface area contributed by atoms with Crippen LogP contribution in [-0.2, 0) is 4.79 Å². The number of halogens is 1. The summed E-state index contributed by atoms with van der Waals surface area (Å²) in [7, 11) is 0. The van der Waals surface area contributed by atoms with Crippen molar-refractivity contribution in [3.63, 3.8) is 0 Å². The summed E-state index contributed by atoms with van der Waals surface area (Å²) in [6, 6.07) is 0.859. The highest BCUT2D eigenvalue weighted by atomic mass is 127. The lowest BCUT2D eigenvalue weighted by atomic mass is 9.88. The molecule has 28 heavy (non-hydrogen) atoms. The second-order valence-corrected chi connectivity index (χ2v) is 8.23. The van der Waals surface area contributed by atoms with Crippen molar-refractivity contribution in [3.8, 4) is 0 Å². The molecule has 0 radical (unpaired) electrons. The molecule has 1 aliphatic carbocycles. The summed E-state index contributed by atoms with van der Waals surface area (Å²) in [6.45, 7) is 14.1. The van der Waals surface area contributed by atoms with Crippen molar-refractivity contribution in [2.75, 3.05) is 39.3 Å². The standard InChI is InChI=1S/C21H41N5O.HI/c1-5-22-21(23-13-15-25(6-2)17(3)4)24-19-12-14-26(16-19)20(27)18-10-8-7-9-11-18;/h17-19H,5-16H2,1-4H3,(H2,22,23,24);1H. The first-order valence-electron chi connectivity index (χ1n) is 11.1. The fourth-order valence-electron chi connectivity index (χ4n) is 4.27. The number of rotatable bonds is 8. The summed E-state index contributed by atoms with van der Waals surface area (Å²) in [5.74, 6) is 1.54. The van der Waals surface area contributed by atoms with Crippen molar-refractivity contribution < 1.29 is 4.79 Å². The molecule has 1 saturated carbocycles. The molecular formula is C21H42IN5O. The minimum atomic E-state index is 0. The predicted octanol–water partition coefficient (Wildman–Crippen LogP) is 3.07. The van der Waals surface area contributed by atoms with Crippen molar-refractivity contribution in [2.24, 2.45) is 10.9 Å². The maximum absolute atomic E-state index is 12.7. The van der Waals surface area contributed by atoms with Gasteiger partial charge in [-0.05, 0) is 46.6 Å². The fraction of sp³-hybridized carbons (Fsp3) is 0.905. The molecule has 0 aromatic rings. The molecule has 0 bridgehead atoms. The summed E-state index contributed by atoms with van der Waals surface area (Å²) in [5.41, 5.74) is 0. The van der Waals surface area contributed by atoms with Crippen LogP contribution < -0.4 is 10.6 Å². The van der Waals surface area contributed by atoms with E-state index in [1.165, 1.54) is 19.3 Å². The SMILES string of the molecule is CCNC(=NCCN(CC)C(C)C)NC1CCN(C(=O)C2CCCCC2)C1.I. The van der Waals surface area contributed by atoms with Gasteiger partial charge in [0.05, 0.1) is 6.54 Å². The van der Waals surface area contributed by atoms with E-state index in [0.29, 0.717) is 18.0 Å². The van der Waals surface area contributed by atoms with Gasteiger partial charge < -0.3 is 15.5 Å². The third-order valence-corrected chi connectivity index (χ3v) is 5.93. The third kappa shape index (κ3) is 8.05. The maximum Gasteiger partial charge on any atom is 0.225 e. The Balaban J connectivity index is 0.00000392. The molecule has 1 saturated heterocycles. The molecule has 164 valence electrons. The Morgan fingerprint density at radius 1 is 1.18 bits per heavy atom. The molecule has 0 aromatic carbocycles. The summed E-state index contributed by atoms with van der Waals surface area (Å²) in [5, 5.41) is 6.91. The lowest BCUT2D eigenvalue weighted by molar-refractivity contribution is -0.135. The average Bonchev–Trinajstić information content (AvgIpc) is 3.13. The predicted molar refractivity (Wildman–Crippen MR) is 128 cm³/mol. The molecule has 2 rings (SSSR count). The highest BCUT2D eigenvalue weighted by Gasteiger charge is 2.31. The number of aliphatic imine (C=N–C) groups is 1. The molecule has 1 unspecified atom stereocenters. The Hall–Kier alpha value is -0.570. The molecule has 6 nitrogen and oxygen atoms in total. The minimum Gasteiger partial charge on any atom is -0.357 e. The molecule has 0 aromatic heterocycles. The number of nitrogens with zero attached hydrogens (tertiary/aromatic N) is 3. The van der Waals surface area contributed by atoms with Crippen LogP contribution in [-0.4, -0.2) is 73.0 Å². The van der Waals surface area contributed by atoms with Crippen LogP contribution in [0.5, 0.6) is 0 Å². The van der Waals surface area contributed by atoms with Crippen molar-refractivity contribution in [3.05, 3.63) is 0 Å². The number of likely N-dealkylation sites (N-methyl/N-ethyl adjacent to an activating group) is 1. The second-order valence-electron chi connectivity index (χ2n) is 8.23. The van der Waals surface area contributed by atoms with E-state index in [0.717, 1.165) is 64.5 Å². The van der Waals surface area contributed by atoms with E-state index in [9.17, 15) is 4.79 Å². The van der Waals surface area contributed by atoms with E-state index in [1.54, 1.807) is 0 Å². The lowest BCUT2D eigenvalue weighted by Gasteiger charge is -2.26. The molecule has 1 heterocycles. The van der Waals surface area contributed by atoms with Crippen LogP contribution in [0, 0.1) is 5.92 Å². The largest absolute Gasteiger partial charge is 0.357 e. The normalized spacial score (nSPS) is 21.1. The van der Waals surface area contributed by atoms with Gasteiger partial charge in [0.25, 0.3) is 0 Å². The van der Waals surface area contributed by atoms with E-state index >= 15 is 0 Å². The summed E-state index contributed by atoms with van der Waals surface area (Å²) < 4.78 is 0. The first-order chi connectivity index (χ1) is 13.0. The van der Waals surface area contributed by atoms with Crippen LogP contribution in [0.4, 0.5) is 0 Å². The zero-order valence-electron chi connectivity index (χ0n) is 18.4. The van der Waals surface area contributed by atoms with Gasteiger partial charge in [-0.1, -0.05) is 26.2 Å². The van der Waals surface area contributed by atoms with E-state index < -0.39 is 0 Å². The second kappa shape index (κ2) is 13.6. The van der Waals surface area contributed by atoms with Crippen LogP contribution in [0.25, 0.3) is 0 Å². The minimum absolute atomic E-state index is 0. The summed E-state index contributed by atoms with van der Waals surface area (Å²) >= 11 is 0. The molecule has 2 fully saturated rings. The van der Waals surface area contributed by atoms with Gasteiger partial charge in [-0.25, -0.2) is 0 Å². The Morgan fingerprint density at radius 3 is 2.50 bits per heavy atom. The number of guanidine groups is 1. The zero-order valence-corrected chi connectivity index (χ0v) is 20.7. The monoisotopic (exact) mass is 507 g/mol. The van der Waals surface area contributed by atoms with Crippen LogP contribution >= 0.6 is 24.0 Å². The van der Waals surface area contributed by atoms with Gasteiger partial charge in [0, 0.05) is 44.2 Å². The molecule has 7 heteroatoms. The summed E-state index contributed by atoms with van der Waals surface area (Å²) in [4.78, 5) is 22.0. The molecule has 0 spiro atoms. The fourth-order valence-corrected chi connectivity index (χ4v) is 4.27. The van der Waals surface area contributed by atoms with Gasteiger partial charge in [-0.15, -0.1) is 24.0 Å². The molecule has 1 aliphatic heterocycles. The molecule has 1 amide bonds. The van der Waals surface area contributed by atoms with Crippen LogP contribution in [0.15, 0.2) is 4.99 Å². The van der Waals surface area contributed by atoms with Gasteiger partial charge >= 0.3 is 0 Å².